The molecule has 0 aliphatic carbocycles. The van der Waals surface area contributed by atoms with Crippen molar-refractivity contribution in [2.24, 2.45) is 5.92 Å². The van der Waals surface area contributed by atoms with Crippen molar-refractivity contribution in [3.05, 3.63) is 88.7 Å². The van der Waals surface area contributed by atoms with Gasteiger partial charge < -0.3 is 4.74 Å². The molecule has 28 heavy (non-hydrogen) atoms. The molecular weight excluding hydrogens is 353 g/mol. The normalized spacial score (nSPS) is 12.6. The van der Waals surface area contributed by atoms with Gasteiger partial charge in [0.2, 0.25) is 0 Å². The molecular formula is C24H26FNO2. The maximum absolute atomic E-state index is 13.4. The van der Waals surface area contributed by atoms with Gasteiger partial charge in [0, 0.05) is 5.57 Å². The molecule has 0 aromatic heterocycles. The number of carbonyl (C=O) groups is 1. The summed E-state index contributed by atoms with van der Waals surface area (Å²) in [6, 6.07) is 15.0. The zero-order chi connectivity index (χ0) is 20.4. The molecule has 1 unspecified atom stereocenters. The van der Waals surface area contributed by atoms with E-state index in [0.717, 1.165) is 31.2 Å². The lowest BCUT2D eigenvalue weighted by Gasteiger charge is -2.16. The van der Waals surface area contributed by atoms with Gasteiger partial charge in [-0.3, -0.25) is 4.79 Å². The highest BCUT2D eigenvalue weighted by Crippen LogP contribution is 2.29. The van der Waals surface area contributed by atoms with Crippen LogP contribution < -0.4 is 0 Å². The Balaban J connectivity index is 2.37. The predicted molar refractivity (Wildman–Crippen MR) is 110 cm³/mol. The van der Waals surface area contributed by atoms with E-state index in [4.69, 9.17) is 11.3 Å². The number of esters is 1. The summed E-state index contributed by atoms with van der Waals surface area (Å²) in [6.45, 7) is 12.1. The number of nitrogens with zero attached hydrogens (tertiary/aromatic N) is 1. The molecule has 0 bridgehead atoms. The molecule has 2 rings (SSSR count). The van der Waals surface area contributed by atoms with E-state index in [0.29, 0.717) is 23.7 Å². The minimum absolute atomic E-state index is 0.0804. The number of hydrogen-bond donors (Lipinski definition) is 0. The summed E-state index contributed by atoms with van der Waals surface area (Å²) in [5, 5.41) is 0. The first-order valence-corrected chi connectivity index (χ1v) is 9.70. The molecule has 0 amide bonds. The first-order chi connectivity index (χ1) is 13.6. The Kier molecular flexibility index (Phi) is 8.42. The summed E-state index contributed by atoms with van der Waals surface area (Å²) in [6.07, 6.45) is 4.11. The van der Waals surface area contributed by atoms with Crippen LogP contribution in [0.4, 0.5) is 4.39 Å². The molecule has 0 radical (unpaired) electrons. The fourth-order valence-corrected chi connectivity index (χ4v) is 3.03. The van der Waals surface area contributed by atoms with Crippen LogP contribution in [0, 0.1) is 18.3 Å². The van der Waals surface area contributed by atoms with Gasteiger partial charge in [-0.15, -0.1) is 0 Å². The summed E-state index contributed by atoms with van der Waals surface area (Å²) < 4.78 is 18.9. The van der Waals surface area contributed by atoms with E-state index in [9.17, 15) is 9.18 Å². The zero-order valence-corrected chi connectivity index (χ0v) is 16.5. The summed E-state index contributed by atoms with van der Waals surface area (Å²) in [5.41, 5.74) is 1.70. The van der Waals surface area contributed by atoms with Gasteiger partial charge in [-0.25, -0.2) is 9.24 Å². The molecule has 0 saturated heterocycles. The summed E-state index contributed by atoms with van der Waals surface area (Å²) in [5.74, 6) is -0.709. The third-order valence-corrected chi connectivity index (χ3v) is 4.73. The van der Waals surface area contributed by atoms with E-state index < -0.39 is 5.97 Å². The van der Waals surface area contributed by atoms with Gasteiger partial charge in [0.25, 0.3) is 5.70 Å². The minimum Gasteiger partial charge on any atom is -0.470 e. The highest BCUT2D eigenvalue weighted by Gasteiger charge is 2.21. The van der Waals surface area contributed by atoms with Crippen molar-refractivity contribution >= 4 is 11.5 Å². The number of rotatable bonds is 9. The Morgan fingerprint density at radius 2 is 1.71 bits per heavy atom. The van der Waals surface area contributed by atoms with E-state index >= 15 is 0 Å². The smallest absolute Gasteiger partial charge is 0.336 e. The molecule has 3 nitrogen and oxygen atoms in total. The van der Waals surface area contributed by atoms with Crippen LogP contribution in [0.5, 0.6) is 0 Å². The Hall–Kier alpha value is -2.93. The average Bonchev–Trinajstić information content (AvgIpc) is 2.73. The second kappa shape index (κ2) is 11.0. The third kappa shape index (κ3) is 5.79. The SMILES string of the molecule is [C-]#[N+]C(C(=O)OCC(CC)CCCC)=C(c1ccccc1)c1ccc(F)cc1. The fraction of sp³-hybridized carbons (Fsp3) is 0.333. The van der Waals surface area contributed by atoms with E-state index in [1.54, 1.807) is 12.1 Å². The Labute approximate surface area is 166 Å². The van der Waals surface area contributed by atoms with Crippen molar-refractivity contribution < 1.29 is 13.9 Å². The summed E-state index contributed by atoms with van der Waals surface area (Å²) in [7, 11) is 0. The maximum Gasteiger partial charge on any atom is 0.336 e. The molecule has 0 aliphatic heterocycles. The van der Waals surface area contributed by atoms with Crippen molar-refractivity contribution in [3.63, 3.8) is 0 Å². The lowest BCUT2D eigenvalue weighted by Crippen LogP contribution is -2.15. The van der Waals surface area contributed by atoms with E-state index in [1.807, 2.05) is 30.3 Å². The van der Waals surface area contributed by atoms with Crippen LogP contribution in [0.25, 0.3) is 10.4 Å². The van der Waals surface area contributed by atoms with Gasteiger partial charge in [-0.2, -0.15) is 0 Å². The van der Waals surface area contributed by atoms with Crippen molar-refractivity contribution in [2.75, 3.05) is 6.61 Å². The highest BCUT2D eigenvalue weighted by atomic mass is 19.1. The average molecular weight is 379 g/mol. The highest BCUT2D eigenvalue weighted by molar-refractivity contribution is 6.03. The van der Waals surface area contributed by atoms with Crippen molar-refractivity contribution in [1.29, 1.82) is 0 Å². The number of hydrogen-bond acceptors (Lipinski definition) is 2. The van der Waals surface area contributed by atoms with Gasteiger partial charge in [0.05, 0.1) is 13.2 Å². The van der Waals surface area contributed by atoms with Gasteiger partial charge in [0.15, 0.2) is 0 Å². The largest absolute Gasteiger partial charge is 0.470 e. The van der Waals surface area contributed by atoms with Crippen LogP contribution in [-0.2, 0) is 9.53 Å². The van der Waals surface area contributed by atoms with Gasteiger partial charge in [0.1, 0.15) is 5.82 Å². The van der Waals surface area contributed by atoms with Crippen LogP contribution in [0.2, 0.25) is 0 Å². The molecule has 0 N–H and O–H groups in total. The summed E-state index contributed by atoms with van der Waals surface area (Å²) in [4.78, 5) is 16.2. The van der Waals surface area contributed by atoms with E-state index in [2.05, 4.69) is 18.7 Å². The predicted octanol–water partition coefficient (Wildman–Crippen LogP) is 6.26. The van der Waals surface area contributed by atoms with Crippen molar-refractivity contribution in [1.82, 2.24) is 0 Å². The molecule has 4 heteroatoms. The van der Waals surface area contributed by atoms with Crippen LogP contribution >= 0.6 is 0 Å². The summed E-state index contributed by atoms with van der Waals surface area (Å²) >= 11 is 0. The van der Waals surface area contributed by atoms with Crippen molar-refractivity contribution in [2.45, 2.75) is 39.5 Å². The Morgan fingerprint density at radius 3 is 2.29 bits per heavy atom. The molecule has 146 valence electrons. The third-order valence-electron chi connectivity index (χ3n) is 4.73. The van der Waals surface area contributed by atoms with Gasteiger partial charge >= 0.3 is 5.97 Å². The first-order valence-electron chi connectivity index (χ1n) is 9.70. The van der Waals surface area contributed by atoms with Gasteiger partial charge in [-0.05, 0) is 35.6 Å². The molecule has 0 spiro atoms. The van der Waals surface area contributed by atoms with E-state index in [1.165, 1.54) is 12.1 Å². The van der Waals surface area contributed by atoms with Crippen LogP contribution in [0.3, 0.4) is 0 Å². The maximum atomic E-state index is 13.4. The van der Waals surface area contributed by atoms with Crippen molar-refractivity contribution in [3.8, 4) is 0 Å². The molecule has 1 atom stereocenters. The number of carbonyl (C=O) groups excluding carboxylic acids is 1. The number of benzene rings is 2. The Bertz CT molecular complexity index is 835. The topological polar surface area (TPSA) is 30.7 Å². The standard InChI is InChI=1S/C24H26FNO2/c1-4-6-10-18(5-2)17-28-24(27)23(26-3)22(19-11-8-7-9-12-19)20-13-15-21(25)16-14-20/h7-9,11-16,18H,4-6,10,17H2,1-2H3. The molecule has 0 heterocycles. The lowest BCUT2D eigenvalue weighted by molar-refractivity contribution is -0.140. The fourth-order valence-electron chi connectivity index (χ4n) is 3.03. The quantitative estimate of drug-likeness (QED) is 0.292. The minimum atomic E-state index is -0.631. The zero-order valence-electron chi connectivity index (χ0n) is 16.5. The lowest BCUT2D eigenvalue weighted by atomic mass is 9.96. The van der Waals surface area contributed by atoms with Crippen LogP contribution in [-0.4, -0.2) is 12.6 Å². The Morgan fingerprint density at radius 1 is 1.07 bits per heavy atom. The number of ether oxygens (including phenoxy) is 1. The van der Waals surface area contributed by atoms with Gasteiger partial charge in [-0.1, -0.05) is 75.6 Å². The monoisotopic (exact) mass is 379 g/mol. The second-order valence-corrected chi connectivity index (χ2v) is 6.72. The molecule has 0 saturated carbocycles. The second-order valence-electron chi connectivity index (χ2n) is 6.72. The number of halogens is 1. The van der Waals surface area contributed by atoms with Crippen LogP contribution in [0.1, 0.15) is 50.7 Å². The van der Waals surface area contributed by atoms with E-state index in [-0.39, 0.29) is 11.5 Å². The molecule has 0 fully saturated rings. The molecule has 2 aromatic carbocycles. The molecule has 0 aliphatic rings. The number of unbranched alkanes of at least 4 members (excludes halogenated alkanes) is 1. The molecule has 2 aromatic rings. The first kappa shape index (κ1) is 21.4. The van der Waals surface area contributed by atoms with Crippen LogP contribution in [0.15, 0.2) is 60.3 Å².